The Morgan fingerprint density at radius 1 is 0.656 bits per heavy atom. The van der Waals surface area contributed by atoms with Crippen molar-refractivity contribution in [2.75, 3.05) is 27.4 Å². The fourth-order valence-electron chi connectivity index (χ4n) is 2.51. The summed E-state index contributed by atoms with van der Waals surface area (Å²) in [5.41, 5.74) is -1.76. The number of carbonyl (C=O) groups excluding carboxylic acids is 2. The molecule has 2 aromatic carbocycles. The number of halogens is 6. The molecule has 0 aliphatic rings. The lowest BCUT2D eigenvalue weighted by molar-refractivity contribution is 0.0425. The molecule has 6 nitrogen and oxygen atoms in total. The van der Waals surface area contributed by atoms with E-state index in [4.69, 9.17) is 9.47 Å². The van der Waals surface area contributed by atoms with Crippen LogP contribution < -0.4 is 9.47 Å². The van der Waals surface area contributed by atoms with Crippen LogP contribution in [0.4, 0.5) is 26.3 Å². The molecule has 0 aliphatic heterocycles. The van der Waals surface area contributed by atoms with Gasteiger partial charge in [-0.3, -0.25) is 0 Å². The van der Waals surface area contributed by atoms with E-state index >= 15 is 0 Å². The van der Waals surface area contributed by atoms with E-state index in [0.29, 0.717) is 12.1 Å². The van der Waals surface area contributed by atoms with Crippen molar-refractivity contribution in [2.24, 2.45) is 0 Å². The van der Waals surface area contributed by atoms with Crippen molar-refractivity contribution < 1.29 is 54.9 Å². The second kappa shape index (κ2) is 10.7. The molecule has 0 saturated carbocycles. The Kier molecular flexibility index (Phi) is 8.33. The van der Waals surface area contributed by atoms with Crippen LogP contribution in [0.5, 0.6) is 11.5 Å². The highest BCUT2D eigenvalue weighted by Crippen LogP contribution is 2.28. The third-order valence-electron chi connectivity index (χ3n) is 4.08. The maximum atomic E-state index is 14.0. The summed E-state index contributed by atoms with van der Waals surface area (Å²) in [6.45, 7) is -0.630. The van der Waals surface area contributed by atoms with E-state index in [1.54, 1.807) is 0 Å². The van der Waals surface area contributed by atoms with Gasteiger partial charge in [0.25, 0.3) is 0 Å². The molecule has 0 fully saturated rings. The number of esters is 2. The SMILES string of the molecule is COc1c(F)c(F)cc(C(=O)OCCCCOC(=O)c2cc(F)c(F)c(OC)c2F)c1F. The van der Waals surface area contributed by atoms with Gasteiger partial charge in [0.1, 0.15) is 11.1 Å². The molecule has 12 heteroatoms. The number of unbranched alkanes of at least 4 members (excludes halogenated alkanes) is 1. The van der Waals surface area contributed by atoms with E-state index in [1.807, 2.05) is 0 Å². The van der Waals surface area contributed by atoms with Crippen LogP contribution in [0.2, 0.25) is 0 Å². The number of benzene rings is 2. The Balaban J connectivity index is 1.86. The highest BCUT2D eigenvalue weighted by atomic mass is 19.2. The molecule has 0 aliphatic carbocycles. The van der Waals surface area contributed by atoms with E-state index in [0.717, 1.165) is 14.2 Å². The predicted molar refractivity (Wildman–Crippen MR) is 95.5 cm³/mol. The minimum absolute atomic E-state index is 0.0744. The number of hydrogen-bond acceptors (Lipinski definition) is 6. The summed E-state index contributed by atoms with van der Waals surface area (Å²) in [6.07, 6.45) is 0.149. The smallest absolute Gasteiger partial charge is 0.341 e. The van der Waals surface area contributed by atoms with Gasteiger partial charge in [-0.05, 0) is 25.0 Å². The molecule has 0 N–H and O–H groups in total. The molecule has 0 aromatic heterocycles. The summed E-state index contributed by atoms with van der Waals surface area (Å²) in [4.78, 5) is 23.7. The predicted octanol–water partition coefficient (Wildman–Crippen LogP) is 4.33. The van der Waals surface area contributed by atoms with E-state index in [1.165, 1.54) is 0 Å². The maximum absolute atomic E-state index is 14.0. The van der Waals surface area contributed by atoms with Gasteiger partial charge in [0.05, 0.1) is 27.4 Å². The van der Waals surface area contributed by atoms with Crippen molar-refractivity contribution in [2.45, 2.75) is 12.8 Å². The monoisotopic (exact) mass is 466 g/mol. The number of carbonyl (C=O) groups is 2. The topological polar surface area (TPSA) is 71.1 Å². The Morgan fingerprint density at radius 2 is 1.00 bits per heavy atom. The minimum Gasteiger partial charge on any atom is -0.491 e. The zero-order valence-corrected chi connectivity index (χ0v) is 16.7. The lowest BCUT2D eigenvalue weighted by Gasteiger charge is -2.10. The van der Waals surface area contributed by atoms with Crippen molar-refractivity contribution in [3.63, 3.8) is 0 Å². The first kappa shape index (κ1) is 24.8. The van der Waals surface area contributed by atoms with Gasteiger partial charge in [-0.2, -0.15) is 8.78 Å². The molecule has 2 aromatic rings. The first-order valence-electron chi connectivity index (χ1n) is 8.91. The average Bonchev–Trinajstić information content (AvgIpc) is 2.76. The lowest BCUT2D eigenvalue weighted by Crippen LogP contribution is -2.13. The van der Waals surface area contributed by atoms with Gasteiger partial charge in [-0.1, -0.05) is 0 Å². The van der Waals surface area contributed by atoms with Gasteiger partial charge >= 0.3 is 11.9 Å². The highest BCUT2D eigenvalue weighted by Gasteiger charge is 2.25. The molecular formula is C20H16F6O6. The van der Waals surface area contributed by atoms with Gasteiger partial charge in [0, 0.05) is 0 Å². The largest absolute Gasteiger partial charge is 0.491 e. The Labute approximate surface area is 177 Å². The summed E-state index contributed by atoms with van der Waals surface area (Å²) in [5.74, 6) is -13.8. The van der Waals surface area contributed by atoms with Gasteiger partial charge in [0.2, 0.25) is 11.6 Å². The van der Waals surface area contributed by atoms with Gasteiger partial charge < -0.3 is 18.9 Å². The molecule has 0 heterocycles. The van der Waals surface area contributed by atoms with Crippen LogP contribution in [0, 0.1) is 34.9 Å². The van der Waals surface area contributed by atoms with Crippen molar-refractivity contribution in [1.29, 1.82) is 0 Å². The third kappa shape index (κ3) is 5.24. The van der Waals surface area contributed by atoms with Crippen molar-refractivity contribution in [3.05, 3.63) is 58.2 Å². The second-order valence-electron chi connectivity index (χ2n) is 6.11. The molecule has 0 atom stereocenters. The number of rotatable bonds is 9. The summed E-state index contributed by atoms with van der Waals surface area (Å²) in [5, 5.41) is 0. The molecule has 174 valence electrons. The molecule has 0 saturated heterocycles. The molecule has 0 amide bonds. The molecular weight excluding hydrogens is 450 g/mol. The quantitative estimate of drug-likeness (QED) is 0.237. The van der Waals surface area contributed by atoms with E-state index in [9.17, 15) is 35.9 Å². The van der Waals surface area contributed by atoms with E-state index in [2.05, 4.69) is 9.47 Å². The fraction of sp³-hybridized carbons (Fsp3) is 0.300. The van der Waals surface area contributed by atoms with Crippen molar-refractivity contribution >= 4 is 11.9 Å². The van der Waals surface area contributed by atoms with Crippen LogP contribution in [-0.4, -0.2) is 39.4 Å². The number of methoxy groups -OCH3 is 2. The maximum Gasteiger partial charge on any atom is 0.341 e. The number of ether oxygens (including phenoxy) is 4. The molecule has 0 unspecified atom stereocenters. The molecule has 0 bridgehead atoms. The van der Waals surface area contributed by atoms with Crippen LogP contribution >= 0.6 is 0 Å². The zero-order chi connectivity index (χ0) is 24.0. The first-order valence-corrected chi connectivity index (χ1v) is 8.91. The van der Waals surface area contributed by atoms with Crippen molar-refractivity contribution in [1.82, 2.24) is 0 Å². The molecule has 0 spiro atoms. The average molecular weight is 466 g/mol. The van der Waals surface area contributed by atoms with Crippen LogP contribution in [0.3, 0.4) is 0 Å². The summed E-state index contributed by atoms with van der Waals surface area (Å²) < 4.78 is 99.9. The van der Waals surface area contributed by atoms with Gasteiger partial charge in [-0.15, -0.1) is 0 Å². The standard InChI is InChI=1S/C20H16F6O6/c1-29-17-13(23)9(7-11(21)15(17)25)19(27)31-5-3-4-6-32-20(28)10-8-12(22)16(26)18(30-2)14(10)24/h7-8H,3-6H2,1-2H3. The molecule has 0 radical (unpaired) electrons. The Hall–Kier alpha value is -3.44. The van der Waals surface area contributed by atoms with Crippen molar-refractivity contribution in [3.8, 4) is 11.5 Å². The zero-order valence-electron chi connectivity index (χ0n) is 16.7. The fourth-order valence-corrected chi connectivity index (χ4v) is 2.51. The summed E-state index contributed by atoms with van der Waals surface area (Å²) >= 11 is 0. The van der Waals surface area contributed by atoms with Gasteiger partial charge in [0.15, 0.2) is 34.8 Å². The third-order valence-corrected chi connectivity index (χ3v) is 4.08. The normalized spacial score (nSPS) is 10.6. The first-order chi connectivity index (χ1) is 15.1. The lowest BCUT2D eigenvalue weighted by atomic mass is 10.2. The van der Waals surface area contributed by atoms with Crippen LogP contribution in [0.1, 0.15) is 33.6 Å². The van der Waals surface area contributed by atoms with E-state index < -0.39 is 69.5 Å². The minimum atomic E-state index is -1.60. The second-order valence-corrected chi connectivity index (χ2v) is 6.11. The summed E-state index contributed by atoms with van der Waals surface area (Å²) in [7, 11) is 1.78. The number of hydrogen-bond donors (Lipinski definition) is 0. The Bertz CT molecular complexity index is 945. The van der Waals surface area contributed by atoms with Gasteiger partial charge in [-0.25, -0.2) is 27.2 Å². The van der Waals surface area contributed by atoms with E-state index in [-0.39, 0.29) is 26.1 Å². The van der Waals surface area contributed by atoms with Crippen LogP contribution in [0.15, 0.2) is 12.1 Å². The summed E-state index contributed by atoms with van der Waals surface area (Å²) in [6, 6.07) is 0.643. The van der Waals surface area contributed by atoms with Crippen LogP contribution in [-0.2, 0) is 9.47 Å². The van der Waals surface area contributed by atoms with Crippen LogP contribution in [0.25, 0.3) is 0 Å². The highest BCUT2D eigenvalue weighted by molar-refractivity contribution is 5.91. The molecule has 2 rings (SSSR count). The molecule has 32 heavy (non-hydrogen) atoms. The Morgan fingerprint density at radius 3 is 1.31 bits per heavy atom.